The summed E-state index contributed by atoms with van der Waals surface area (Å²) < 4.78 is 6.73. The van der Waals surface area contributed by atoms with Crippen molar-refractivity contribution in [1.82, 2.24) is 4.98 Å². The lowest BCUT2D eigenvalue weighted by Crippen LogP contribution is -2.12. The van der Waals surface area contributed by atoms with Crippen LogP contribution in [0.3, 0.4) is 0 Å². The number of halogens is 1. The van der Waals surface area contributed by atoms with E-state index in [4.69, 9.17) is 22.7 Å². The van der Waals surface area contributed by atoms with Crippen molar-refractivity contribution in [3.05, 3.63) is 44.3 Å². The molecule has 19 heavy (non-hydrogen) atoms. The molecule has 0 aliphatic carbocycles. The van der Waals surface area contributed by atoms with Crippen molar-refractivity contribution in [3.63, 3.8) is 0 Å². The molecule has 1 aromatic carbocycles. The summed E-state index contributed by atoms with van der Waals surface area (Å²) in [5.74, 6) is 0.712. The van der Waals surface area contributed by atoms with E-state index in [1.165, 1.54) is 4.88 Å². The van der Waals surface area contributed by atoms with Crippen molar-refractivity contribution in [3.8, 4) is 5.75 Å². The average molecular weight is 357 g/mol. The van der Waals surface area contributed by atoms with Gasteiger partial charge in [0.25, 0.3) is 0 Å². The summed E-state index contributed by atoms with van der Waals surface area (Å²) in [5.41, 5.74) is 9.36. The molecule has 100 valence electrons. The molecule has 0 aliphatic rings. The quantitative estimate of drug-likeness (QED) is 0.833. The van der Waals surface area contributed by atoms with E-state index in [9.17, 15) is 0 Å². The number of aryl methyl sites for hydroxylation is 1. The number of rotatable bonds is 5. The second kappa shape index (κ2) is 6.45. The van der Waals surface area contributed by atoms with Crippen LogP contribution >= 0.6 is 39.5 Å². The highest BCUT2D eigenvalue weighted by Gasteiger charge is 2.08. The fourth-order valence-corrected chi connectivity index (χ4v) is 2.91. The monoisotopic (exact) mass is 356 g/mol. The molecule has 0 spiro atoms. The van der Waals surface area contributed by atoms with E-state index in [0.29, 0.717) is 17.3 Å². The Hall–Kier alpha value is -0.980. The lowest BCUT2D eigenvalue weighted by Gasteiger charge is -2.10. The molecule has 0 saturated heterocycles. The first-order chi connectivity index (χ1) is 9.08. The SMILES string of the molecule is Cc1ncsc1CCOc1cc(Br)ccc1C(N)=S. The molecular weight excluding hydrogens is 344 g/mol. The number of thiazole rings is 1. The minimum atomic E-state index is 0.344. The molecule has 0 amide bonds. The molecule has 0 fully saturated rings. The van der Waals surface area contributed by atoms with Crippen LogP contribution in [0.25, 0.3) is 0 Å². The Kier molecular flexibility index (Phi) is 4.90. The summed E-state index contributed by atoms with van der Waals surface area (Å²) in [7, 11) is 0. The molecule has 2 rings (SSSR count). The number of hydrogen-bond donors (Lipinski definition) is 1. The predicted octanol–water partition coefficient (Wildman–Crippen LogP) is 3.47. The summed E-state index contributed by atoms with van der Waals surface area (Å²) in [6.07, 6.45) is 0.833. The Morgan fingerprint density at radius 3 is 2.95 bits per heavy atom. The molecule has 0 unspecified atom stereocenters. The first kappa shape index (κ1) is 14.4. The third-order valence-corrected chi connectivity index (χ3v) is 4.35. The number of ether oxygens (including phenoxy) is 1. The number of hydrogen-bond acceptors (Lipinski definition) is 4. The van der Waals surface area contributed by atoms with Crippen LogP contribution in [0, 0.1) is 6.92 Å². The maximum absolute atomic E-state index is 5.79. The molecule has 1 aromatic heterocycles. The van der Waals surface area contributed by atoms with E-state index in [2.05, 4.69) is 20.9 Å². The fourth-order valence-electron chi connectivity index (χ4n) is 1.64. The molecule has 0 saturated carbocycles. The minimum absolute atomic E-state index is 0.344. The zero-order valence-corrected chi connectivity index (χ0v) is 13.6. The molecule has 0 radical (unpaired) electrons. The van der Waals surface area contributed by atoms with Gasteiger partial charge in [-0.1, -0.05) is 28.1 Å². The van der Waals surface area contributed by atoms with Crippen molar-refractivity contribution < 1.29 is 4.74 Å². The van der Waals surface area contributed by atoms with E-state index >= 15 is 0 Å². The van der Waals surface area contributed by atoms with E-state index in [1.54, 1.807) is 11.3 Å². The molecular formula is C13H13BrN2OS2. The van der Waals surface area contributed by atoms with E-state index < -0.39 is 0 Å². The highest BCUT2D eigenvalue weighted by Crippen LogP contribution is 2.24. The van der Waals surface area contributed by atoms with Crippen molar-refractivity contribution in [2.75, 3.05) is 6.61 Å². The van der Waals surface area contributed by atoms with Crippen LogP contribution in [0.15, 0.2) is 28.2 Å². The summed E-state index contributed by atoms with van der Waals surface area (Å²) >= 11 is 10.1. The van der Waals surface area contributed by atoms with Gasteiger partial charge < -0.3 is 10.5 Å². The first-order valence-electron chi connectivity index (χ1n) is 5.69. The normalized spacial score (nSPS) is 10.4. The van der Waals surface area contributed by atoms with Gasteiger partial charge in [0, 0.05) is 15.8 Å². The van der Waals surface area contributed by atoms with Gasteiger partial charge >= 0.3 is 0 Å². The predicted molar refractivity (Wildman–Crippen MR) is 86.1 cm³/mol. The van der Waals surface area contributed by atoms with Crippen LogP contribution in [-0.4, -0.2) is 16.6 Å². The van der Waals surface area contributed by atoms with E-state index in [0.717, 1.165) is 22.2 Å². The van der Waals surface area contributed by atoms with Crippen molar-refractivity contribution in [2.45, 2.75) is 13.3 Å². The Balaban J connectivity index is 2.05. The van der Waals surface area contributed by atoms with Gasteiger partial charge in [0.1, 0.15) is 10.7 Å². The van der Waals surface area contributed by atoms with Crippen LogP contribution in [0.5, 0.6) is 5.75 Å². The fraction of sp³-hybridized carbons (Fsp3) is 0.231. The summed E-state index contributed by atoms with van der Waals surface area (Å²) in [6, 6.07) is 5.64. The van der Waals surface area contributed by atoms with Crippen LogP contribution in [0.4, 0.5) is 0 Å². The van der Waals surface area contributed by atoms with Gasteiger partial charge in [-0.05, 0) is 25.1 Å². The van der Waals surface area contributed by atoms with Crippen molar-refractivity contribution in [1.29, 1.82) is 0 Å². The minimum Gasteiger partial charge on any atom is -0.492 e. The van der Waals surface area contributed by atoms with Gasteiger partial charge in [-0.3, -0.25) is 0 Å². The average Bonchev–Trinajstić information content (AvgIpc) is 2.75. The van der Waals surface area contributed by atoms with Crippen LogP contribution in [-0.2, 0) is 6.42 Å². The summed E-state index contributed by atoms with van der Waals surface area (Å²) in [4.78, 5) is 5.80. The smallest absolute Gasteiger partial charge is 0.130 e. The number of benzene rings is 1. The van der Waals surface area contributed by atoms with Crippen LogP contribution in [0.1, 0.15) is 16.1 Å². The number of nitrogens with zero attached hydrogens (tertiary/aromatic N) is 1. The van der Waals surface area contributed by atoms with Gasteiger partial charge in [-0.25, -0.2) is 4.98 Å². The lowest BCUT2D eigenvalue weighted by atomic mass is 10.2. The maximum atomic E-state index is 5.79. The third kappa shape index (κ3) is 3.75. The van der Waals surface area contributed by atoms with Gasteiger partial charge in [-0.2, -0.15) is 0 Å². The molecule has 3 nitrogen and oxygen atoms in total. The standard InChI is InChI=1S/C13H13BrN2OS2/c1-8-12(19-7-16-8)4-5-17-11-6-9(14)2-3-10(11)13(15)18/h2-3,6-7H,4-5H2,1H3,(H2,15,18). The van der Waals surface area contributed by atoms with Gasteiger partial charge in [0.2, 0.25) is 0 Å². The summed E-state index contributed by atoms with van der Waals surface area (Å²) in [5, 5.41) is 0. The molecule has 0 bridgehead atoms. The van der Waals surface area contributed by atoms with Crippen LogP contribution in [0.2, 0.25) is 0 Å². The largest absolute Gasteiger partial charge is 0.492 e. The molecule has 0 aliphatic heterocycles. The molecule has 2 aromatic rings. The zero-order chi connectivity index (χ0) is 13.8. The molecule has 2 N–H and O–H groups in total. The highest BCUT2D eigenvalue weighted by atomic mass is 79.9. The molecule has 1 heterocycles. The number of aromatic nitrogens is 1. The van der Waals surface area contributed by atoms with E-state index in [1.807, 2.05) is 30.6 Å². The van der Waals surface area contributed by atoms with Gasteiger partial charge in [0.05, 0.1) is 23.4 Å². The van der Waals surface area contributed by atoms with Gasteiger partial charge in [-0.15, -0.1) is 11.3 Å². The molecule has 0 atom stereocenters. The second-order valence-corrected chi connectivity index (χ2v) is 6.26. The number of thiocarbonyl (C=S) groups is 1. The Morgan fingerprint density at radius 1 is 1.53 bits per heavy atom. The van der Waals surface area contributed by atoms with Crippen molar-refractivity contribution >= 4 is 44.5 Å². The Labute approximate surface area is 129 Å². The first-order valence-corrected chi connectivity index (χ1v) is 7.77. The third-order valence-electron chi connectivity index (χ3n) is 2.64. The molecule has 6 heteroatoms. The lowest BCUT2D eigenvalue weighted by molar-refractivity contribution is 0.322. The van der Waals surface area contributed by atoms with Gasteiger partial charge in [0.15, 0.2) is 0 Å². The maximum Gasteiger partial charge on any atom is 0.130 e. The highest BCUT2D eigenvalue weighted by molar-refractivity contribution is 9.10. The zero-order valence-electron chi connectivity index (χ0n) is 10.4. The van der Waals surface area contributed by atoms with Crippen molar-refractivity contribution in [2.24, 2.45) is 5.73 Å². The topological polar surface area (TPSA) is 48.1 Å². The van der Waals surface area contributed by atoms with Crippen LogP contribution < -0.4 is 10.5 Å². The summed E-state index contributed by atoms with van der Waals surface area (Å²) in [6.45, 7) is 2.58. The Bertz CT molecular complexity index is 598. The second-order valence-electron chi connectivity index (χ2n) is 3.96. The number of nitrogens with two attached hydrogens (primary N) is 1. The Morgan fingerprint density at radius 2 is 2.32 bits per heavy atom. The van der Waals surface area contributed by atoms with E-state index in [-0.39, 0.29) is 0 Å².